The number of nitrogens with zero attached hydrogens (tertiary/aromatic N) is 1. The van der Waals surface area contributed by atoms with Crippen LogP contribution in [0.3, 0.4) is 0 Å². The lowest BCUT2D eigenvalue weighted by Gasteiger charge is -2.34. The van der Waals surface area contributed by atoms with Crippen molar-refractivity contribution in [3.63, 3.8) is 0 Å². The van der Waals surface area contributed by atoms with Crippen LogP contribution in [0.1, 0.15) is 42.5 Å². The third-order valence-corrected chi connectivity index (χ3v) is 5.37. The average molecular weight is 422 g/mol. The molecule has 0 aromatic heterocycles. The van der Waals surface area contributed by atoms with E-state index < -0.39 is 0 Å². The minimum atomic E-state index is -0.177. The number of anilines is 2. The van der Waals surface area contributed by atoms with E-state index >= 15 is 0 Å². The van der Waals surface area contributed by atoms with E-state index in [9.17, 15) is 4.79 Å². The van der Waals surface area contributed by atoms with Crippen LogP contribution < -0.4 is 4.90 Å². The lowest BCUT2D eigenvalue weighted by atomic mass is 9.98. The molecule has 0 fully saturated rings. The van der Waals surface area contributed by atoms with Crippen LogP contribution in [0.2, 0.25) is 5.02 Å². The zero-order valence-corrected chi connectivity index (χ0v) is 18.5. The highest BCUT2D eigenvalue weighted by molar-refractivity contribution is 6.30. The van der Waals surface area contributed by atoms with Crippen LogP contribution in [0.15, 0.2) is 72.8 Å². The number of carbonyl (C=O) groups is 1. The highest BCUT2D eigenvalue weighted by Gasteiger charge is 2.24. The summed E-state index contributed by atoms with van der Waals surface area (Å²) in [5.74, 6) is -0.177. The predicted molar refractivity (Wildman–Crippen MR) is 125 cm³/mol. The van der Waals surface area contributed by atoms with Gasteiger partial charge in [0.1, 0.15) is 0 Å². The van der Waals surface area contributed by atoms with E-state index in [4.69, 9.17) is 16.3 Å². The van der Waals surface area contributed by atoms with Gasteiger partial charge in [0.2, 0.25) is 0 Å². The summed E-state index contributed by atoms with van der Waals surface area (Å²) >= 11 is 6.15. The third kappa shape index (κ3) is 5.64. The maximum atomic E-state index is 12.2. The van der Waals surface area contributed by atoms with Crippen LogP contribution in [-0.4, -0.2) is 12.6 Å². The highest BCUT2D eigenvalue weighted by Crippen LogP contribution is 2.38. The minimum absolute atomic E-state index is 0.0444. The van der Waals surface area contributed by atoms with Gasteiger partial charge in [0.25, 0.3) is 0 Å². The summed E-state index contributed by atoms with van der Waals surface area (Å²) in [6, 6.07) is 24.8. The van der Waals surface area contributed by atoms with Crippen molar-refractivity contribution in [2.24, 2.45) is 0 Å². The Morgan fingerprint density at radius 3 is 1.83 bits per heavy atom. The van der Waals surface area contributed by atoms with Gasteiger partial charge in [-0.15, -0.1) is 0 Å². The molecule has 0 bridgehead atoms. The van der Waals surface area contributed by atoms with Gasteiger partial charge in [-0.3, -0.25) is 4.79 Å². The molecule has 0 spiro atoms. The van der Waals surface area contributed by atoms with Gasteiger partial charge in [0.15, 0.2) is 0 Å². The molecule has 3 nitrogen and oxygen atoms in total. The number of rotatable bonds is 8. The Morgan fingerprint density at radius 2 is 1.37 bits per heavy atom. The quantitative estimate of drug-likeness (QED) is 0.361. The van der Waals surface area contributed by atoms with E-state index in [2.05, 4.69) is 67.3 Å². The van der Waals surface area contributed by atoms with Gasteiger partial charge in [-0.05, 0) is 69.2 Å². The van der Waals surface area contributed by atoms with Crippen molar-refractivity contribution < 1.29 is 9.53 Å². The molecular formula is C26H28ClNO2. The SMILES string of the molecule is CCOC(=O)CC[C@@H](c1ccc(Cl)cc1)N(c1ccc(C)cc1)c1ccc(C)cc1. The Labute approximate surface area is 184 Å². The fourth-order valence-corrected chi connectivity index (χ4v) is 3.66. The van der Waals surface area contributed by atoms with E-state index in [0.717, 1.165) is 16.9 Å². The fourth-order valence-electron chi connectivity index (χ4n) is 3.54. The summed E-state index contributed by atoms with van der Waals surface area (Å²) in [6.07, 6.45) is 0.970. The monoisotopic (exact) mass is 421 g/mol. The van der Waals surface area contributed by atoms with Crippen LogP contribution in [0.4, 0.5) is 11.4 Å². The zero-order valence-electron chi connectivity index (χ0n) is 17.8. The molecule has 4 heteroatoms. The van der Waals surface area contributed by atoms with E-state index in [0.29, 0.717) is 24.5 Å². The third-order valence-electron chi connectivity index (χ3n) is 5.12. The van der Waals surface area contributed by atoms with Crippen molar-refractivity contribution in [2.75, 3.05) is 11.5 Å². The number of ether oxygens (including phenoxy) is 1. The number of carbonyl (C=O) groups excluding carboxylic acids is 1. The molecule has 0 radical (unpaired) electrons. The highest BCUT2D eigenvalue weighted by atomic mass is 35.5. The zero-order chi connectivity index (χ0) is 21.5. The Bertz CT molecular complexity index is 904. The molecule has 0 aliphatic carbocycles. The first kappa shape index (κ1) is 21.9. The predicted octanol–water partition coefficient (Wildman–Crippen LogP) is 7.18. The van der Waals surface area contributed by atoms with Crippen LogP contribution in [0.5, 0.6) is 0 Å². The van der Waals surface area contributed by atoms with Gasteiger partial charge in [0.05, 0.1) is 12.6 Å². The van der Waals surface area contributed by atoms with Gasteiger partial charge in [0, 0.05) is 22.8 Å². The minimum Gasteiger partial charge on any atom is -0.466 e. The normalized spacial score (nSPS) is 11.7. The van der Waals surface area contributed by atoms with Crippen molar-refractivity contribution in [3.05, 3.63) is 94.5 Å². The lowest BCUT2D eigenvalue weighted by Crippen LogP contribution is -2.25. The van der Waals surface area contributed by atoms with E-state index in [1.165, 1.54) is 11.1 Å². The summed E-state index contributed by atoms with van der Waals surface area (Å²) < 4.78 is 5.19. The van der Waals surface area contributed by atoms with Crippen LogP contribution in [-0.2, 0) is 9.53 Å². The van der Waals surface area contributed by atoms with Crippen LogP contribution >= 0.6 is 11.6 Å². The van der Waals surface area contributed by atoms with Crippen LogP contribution in [0.25, 0.3) is 0 Å². The number of aryl methyl sites for hydroxylation is 2. The van der Waals surface area contributed by atoms with Crippen LogP contribution in [0, 0.1) is 13.8 Å². The Balaban J connectivity index is 2.06. The van der Waals surface area contributed by atoms with Gasteiger partial charge in [-0.1, -0.05) is 59.1 Å². The number of halogens is 1. The second-order valence-electron chi connectivity index (χ2n) is 7.45. The van der Waals surface area contributed by atoms with Crippen molar-refractivity contribution in [3.8, 4) is 0 Å². The van der Waals surface area contributed by atoms with E-state index in [1.807, 2.05) is 31.2 Å². The average Bonchev–Trinajstić information content (AvgIpc) is 2.74. The fraction of sp³-hybridized carbons (Fsp3) is 0.269. The molecule has 0 saturated heterocycles. The summed E-state index contributed by atoms with van der Waals surface area (Å²) in [4.78, 5) is 14.4. The molecule has 3 rings (SSSR count). The molecule has 0 aliphatic rings. The van der Waals surface area contributed by atoms with Crippen molar-refractivity contribution in [1.29, 1.82) is 0 Å². The first-order chi connectivity index (χ1) is 14.5. The maximum absolute atomic E-state index is 12.2. The standard InChI is InChI=1S/C26H28ClNO2/c1-4-30-26(29)18-17-25(21-9-11-22(27)12-10-21)28(23-13-5-19(2)6-14-23)24-15-7-20(3)8-16-24/h5-16,25H,4,17-18H2,1-3H3/t25-/m0/s1. The second-order valence-corrected chi connectivity index (χ2v) is 7.89. The van der Waals surface area contributed by atoms with Gasteiger partial charge in [-0.2, -0.15) is 0 Å². The largest absolute Gasteiger partial charge is 0.466 e. The number of hydrogen-bond acceptors (Lipinski definition) is 3. The molecule has 0 saturated carbocycles. The summed E-state index contributed by atoms with van der Waals surface area (Å²) in [5.41, 5.74) is 5.67. The molecular weight excluding hydrogens is 394 g/mol. The van der Waals surface area contributed by atoms with Crippen molar-refractivity contribution in [2.45, 2.75) is 39.7 Å². The van der Waals surface area contributed by atoms with Gasteiger partial charge < -0.3 is 9.64 Å². The molecule has 3 aromatic carbocycles. The summed E-state index contributed by atoms with van der Waals surface area (Å²) in [7, 11) is 0. The molecule has 30 heavy (non-hydrogen) atoms. The Hall–Kier alpha value is -2.78. The van der Waals surface area contributed by atoms with E-state index in [-0.39, 0.29) is 12.0 Å². The molecule has 0 aliphatic heterocycles. The topological polar surface area (TPSA) is 29.5 Å². The van der Waals surface area contributed by atoms with Gasteiger partial charge in [-0.25, -0.2) is 0 Å². The smallest absolute Gasteiger partial charge is 0.305 e. The molecule has 1 atom stereocenters. The number of benzene rings is 3. The Morgan fingerprint density at radius 1 is 0.867 bits per heavy atom. The maximum Gasteiger partial charge on any atom is 0.305 e. The summed E-state index contributed by atoms with van der Waals surface area (Å²) in [6.45, 7) is 6.39. The van der Waals surface area contributed by atoms with Crippen molar-refractivity contribution >= 4 is 28.9 Å². The van der Waals surface area contributed by atoms with E-state index in [1.54, 1.807) is 0 Å². The molecule has 3 aromatic rings. The molecule has 0 unspecified atom stereocenters. The first-order valence-electron chi connectivity index (χ1n) is 10.3. The lowest BCUT2D eigenvalue weighted by molar-refractivity contribution is -0.143. The molecule has 156 valence electrons. The molecule has 0 N–H and O–H groups in total. The van der Waals surface area contributed by atoms with Gasteiger partial charge >= 0.3 is 5.97 Å². The molecule has 0 heterocycles. The summed E-state index contributed by atoms with van der Waals surface area (Å²) in [5, 5.41) is 0.695. The molecule has 0 amide bonds. The number of esters is 1. The van der Waals surface area contributed by atoms with Crippen molar-refractivity contribution in [1.82, 2.24) is 0 Å². The first-order valence-corrected chi connectivity index (χ1v) is 10.7. The Kier molecular flexibility index (Phi) is 7.53. The second kappa shape index (κ2) is 10.3. The number of hydrogen-bond donors (Lipinski definition) is 0.